The molecule has 0 N–H and O–H groups in total. The fourth-order valence-electron chi connectivity index (χ4n) is 2.95. The normalized spacial score (nSPS) is 16.9. The Bertz CT molecular complexity index is 424. The Morgan fingerprint density at radius 3 is 2.05 bits per heavy atom. The summed E-state index contributed by atoms with van der Waals surface area (Å²) in [6.07, 6.45) is 6.52. The minimum atomic E-state index is -1.34. The van der Waals surface area contributed by atoms with Crippen LogP contribution in [0, 0.1) is 0 Å². The Hall–Kier alpha value is -0.416. The van der Waals surface area contributed by atoms with E-state index in [9.17, 15) is 0 Å². The number of fused-ring (bicyclic) bond motifs is 1. The second kappa shape index (κ2) is 5.17. The highest BCUT2D eigenvalue weighted by Gasteiger charge is 2.30. The van der Waals surface area contributed by atoms with E-state index in [0.29, 0.717) is 0 Å². The largest absolute Gasteiger partial charge is 0.263 e. The van der Waals surface area contributed by atoms with Crippen LogP contribution in [0.4, 0.5) is 0 Å². The van der Waals surface area contributed by atoms with Gasteiger partial charge in [-0.2, -0.15) is 0 Å². The van der Waals surface area contributed by atoms with Gasteiger partial charge in [0.25, 0.3) is 0 Å². The van der Waals surface area contributed by atoms with E-state index >= 15 is 0 Å². The van der Waals surface area contributed by atoms with E-state index in [-0.39, 0.29) is 0 Å². The molecule has 19 heavy (non-hydrogen) atoms. The first-order valence-corrected chi connectivity index (χ1v) is 14.7. The lowest BCUT2D eigenvalue weighted by Crippen LogP contribution is -2.58. The molecule has 2 rings (SSSR count). The molecule has 0 fully saturated rings. The second-order valence-electron chi connectivity index (χ2n) is 8.05. The molecule has 0 saturated carbocycles. The number of nitrogens with zero attached hydrogens (tertiary/aromatic N) is 1. The van der Waals surface area contributed by atoms with E-state index in [2.05, 4.69) is 45.3 Å². The smallest absolute Gasteiger partial charge is 0.101 e. The van der Waals surface area contributed by atoms with Crippen LogP contribution in [-0.2, 0) is 12.8 Å². The van der Waals surface area contributed by atoms with Gasteiger partial charge in [-0.15, -0.1) is 0 Å². The highest BCUT2D eigenvalue weighted by molar-refractivity contribution is 6.98. The molecule has 0 spiro atoms. The zero-order chi connectivity index (χ0) is 14.3. The van der Waals surface area contributed by atoms with E-state index in [1.54, 1.807) is 10.8 Å². The zero-order valence-electron chi connectivity index (χ0n) is 13.6. The van der Waals surface area contributed by atoms with Gasteiger partial charge in [0.1, 0.15) is 8.07 Å². The van der Waals surface area contributed by atoms with E-state index in [1.165, 1.54) is 43.1 Å². The molecule has 0 saturated heterocycles. The van der Waals surface area contributed by atoms with Gasteiger partial charge in [0.15, 0.2) is 0 Å². The van der Waals surface area contributed by atoms with Crippen LogP contribution in [0.1, 0.15) is 30.5 Å². The highest BCUT2D eigenvalue weighted by Crippen LogP contribution is 2.19. The summed E-state index contributed by atoms with van der Waals surface area (Å²) in [6.45, 7) is 14.7. The monoisotopic (exact) mass is 291 g/mol. The van der Waals surface area contributed by atoms with Crippen molar-refractivity contribution in [1.82, 2.24) is 4.98 Å². The molecule has 1 heterocycles. The van der Waals surface area contributed by atoms with Gasteiger partial charge in [0, 0.05) is 11.0 Å². The van der Waals surface area contributed by atoms with Crippen molar-refractivity contribution in [2.24, 2.45) is 0 Å². The Kier molecular flexibility index (Phi) is 4.08. The van der Waals surface area contributed by atoms with Crippen molar-refractivity contribution in [2.45, 2.75) is 71.4 Å². The van der Waals surface area contributed by atoms with Gasteiger partial charge in [-0.3, -0.25) is 4.98 Å². The van der Waals surface area contributed by atoms with Crippen LogP contribution in [0.2, 0.25) is 39.3 Å². The molecule has 0 bridgehead atoms. The van der Waals surface area contributed by atoms with Gasteiger partial charge >= 0.3 is 0 Å². The van der Waals surface area contributed by atoms with Crippen molar-refractivity contribution >= 4 is 26.7 Å². The Labute approximate surface area is 120 Å². The Morgan fingerprint density at radius 1 is 0.842 bits per heavy atom. The van der Waals surface area contributed by atoms with Gasteiger partial charge in [-0.1, -0.05) is 51.8 Å². The topological polar surface area (TPSA) is 12.9 Å². The molecule has 1 nitrogen and oxygen atoms in total. The summed E-state index contributed by atoms with van der Waals surface area (Å²) >= 11 is 0. The summed E-state index contributed by atoms with van der Waals surface area (Å²) in [4.78, 5) is 5.21. The fraction of sp³-hybridized carbons (Fsp3) is 0.688. The molecule has 0 aromatic carbocycles. The molecule has 0 unspecified atom stereocenters. The average Bonchev–Trinajstić information content (AvgIpc) is 2.49. The molecule has 0 aliphatic heterocycles. The molecule has 106 valence electrons. The molecule has 1 aliphatic carbocycles. The highest BCUT2D eigenvalue weighted by atomic mass is 28.3. The maximum absolute atomic E-state index is 5.21. The van der Waals surface area contributed by atoms with Crippen LogP contribution in [0.5, 0.6) is 0 Å². The zero-order valence-corrected chi connectivity index (χ0v) is 15.6. The molecule has 3 heteroatoms. The number of hydrogen-bond donors (Lipinski definition) is 0. The summed E-state index contributed by atoms with van der Waals surface area (Å²) in [5.74, 6) is 0. The molecule has 1 aromatic heterocycles. The first-order valence-electron chi connectivity index (χ1n) is 7.73. The van der Waals surface area contributed by atoms with Gasteiger partial charge in [0.05, 0.1) is 8.07 Å². The van der Waals surface area contributed by atoms with Crippen molar-refractivity contribution in [3.8, 4) is 0 Å². The number of hydrogen-bond acceptors (Lipinski definition) is 1. The van der Waals surface area contributed by atoms with Crippen LogP contribution < -0.4 is 10.5 Å². The molecule has 0 atom stereocenters. The summed E-state index contributed by atoms with van der Waals surface area (Å²) in [5.41, 5.74) is 2.99. The minimum absolute atomic E-state index is 1.21. The SMILES string of the molecule is C[Si](C)(C)c1cc2c(nc1[Si](C)(C)C)CCCCC2. The number of pyridine rings is 1. The van der Waals surface area contributed by atoms with Crippen LogP contribution in [-0.4, -0.2) is 21.1 Å². The lowest BCUT2D eigenvalue weighted by Gasteiger charge is -2.28. The summed E-state index contributed by atoms with van der Waals surface area (Å²) in [5, 5.41) is 3.15. The third kappa shape index (κ3) is 3.37. The fourth-order valence-corrected chi connectivity index (χ4v) is 7.93. The second-order valence-corrected chi connectivity index (χ2v) is 18.1. The van der Waals surface area contributed by atoms with Crippen LogP contribution in [0.15, 0.2) is 6.07 Å². The van der Waals surface area contributed by atoms with E-state index < -0.39 is 16.1 Å². The van der Waals surface area contributed by atoms with E-state index in [4.69, 9.17) is 4.98 Å². The lowest BCUT2D eigenvalue weighted by molar-refractivity contribution is 0.709. The van der Waals surface area contributed by atoms with Crippen molar-refractivity contribution < 1.29 is 0 Å². The predicted molar refractivity (Wildman–Crippen MR) is 91.5 cm³/mol. The Morgan fingerprint density at radius 2 is 1.47 bits per heavy atom. The summed E-state index contributed by atoms with van der Waals surface area (Å²) < 4.78 is 0. The van der Waals surface area contributed by atoms with Crippen molar-refractivity contribution in [3.05, 3.63) is 17.3 Å². The third-order valence-corrected chi connectivity index (χ3v) is 8.12. The van der Waals surface area contributed by atoms with Gasteiger partial charge in [-0.05, 0) is 36.4 Å². The molecular formula is C16H29NSi2. The van der Waals surface area contributed by atoms with Crippen LogP contribution in [0.3, 0.4) is 0 Å². The maximum Gasteiger partial charge on any atom is 0.101 e. The van der Waals surface area contributed by atoms with Gasteiger partial charge < -0.3 is 0 Å². The number of rotatable bonds is 2. The van der Waals surface area contributed by atoms with E-state index in [0.717, 1.165) is 0 Å². The van der Waals surface area contributed by atoms with Crippen LogP contribution in [0.25, 0.3) is 0 Å². The summed E-state index contributed by atoms with van der Waals surface area (Å²) in [7, 11) is -2.63. The molecular weight excluding hydrogens is 262 g/mol. The predicted octanol–water partition coefficient (Wildman–Crippen LogP) is 3.44. The Balaban J connectivity index is 2.61. The van der Waals surface area contributed by atoms with Gasteiger partial charge in [0.2, 0.25) is 0 Å². The minimum Gasteiger partial charge on any atom is -0.263 e. The first kappa shape index (κ1) is 15.0. The van der Waals surface area contributed by atoms with Crippen molar-refractivity contribution in [1.29, 1.82) is 0 Å². The van der Waals surface area contributed by atoms with E-state index in [1.807, 2.05) is 0 Å². The first-order chi connectivity index (χ1) is 8.69. The molecule has 1 aromatic rings. The number of aromatic nitrogens is 1. The molecule has 0 radical (unpaired) electrons. The van der Waals surface area contributed by atoms with Crippen molar-refractivity contribution in [3.63, 3.8) is 0 Å². The number of aryl methyl sites for hydroxylation is 2. The molecule has 0 amide bonds. The average molecular weight is 292 g/mol. The van der Waals surface area contributed by atoms with Gasteiger partial charge in [-0.25, -0.2) is 0 Å². The maximum atomic E-state index is 5.21. The quantitative estimate of drug-likeness (QED) is 0.601. The lowest BCUT2D eigenvalue weighted by atomic mass is 10.1. The summed E-state index contributed by atoms with van der Waals surface area (Å²) in [6, 6.07) is 2.56. The third-order valence-electron chi connectivity index (χ3n) is 4.07. The molecule has 1 aliphatic rings. The van der Waals surface area contributed by atoms with Crippen LogP contribution >= 0.6 is 0 Å². The van der Waals surface area contributed by atoms with Crippen molar-refractivity contribution in [2.75, 3.05) is 0 Å². The standard InChI is InChI=1S/C16H29NSi2/c1-18(2,3)15-12-13-10-8-7-9-11-14(13)17-16(15)19(4,5)6/h12H,7-11H2,1-6H3.